The van der Waals surface area contributed by atoms with Crippen LogP contribution in [0.3, 0.4) is 0 Å². The lowest BCUT2D eigenvalue weighted by molar-refractivity contribution is -0.126. The van der Waals surface area contributed by atoms with Gasteiger partial charge in [-0.3, -0.25) is 9.78 Å². The number of aromatic nitrogens is 1. The van der Waals surface area contributed by atoms with Gasteiger partial charge in [0.15, 0.2) is 0 Å². The molecule has 0 aliphatic carbocycles. The second-order valence-electron chi connectivity index (χ2n) is 5.37. The van der Waals surface area contributed by atoms with E-state index in [0.29, 0.717) is 0 Å². The summed E-state index contributed by atoms with van der Waals surface area (Å²) in [7, 11) is 0. The van der Waals surface area contributed by atoms with Crippen molar-refractivity contribution in [2.75, 3.05) is 31.1 Å². The molecule has 1 saturated heterocycles. The van der Waals surface area contributed by atoms with Gasteiger partial charge in [-0.2, -0.15) is 0 Å². The number of hydrogen-bond donors (Lipinski definition) is 1. The fourth-order valence-corrected chi connectivity index (χ4v) is 3.36. The fourth-order valence-electron chi connectivity index (χ4n) is 2.56. The molecule has 0 unspecified atom stereocenters. The molecular weight excluding hydrogens is 310 g/mol. The van der Waals surface area contributed by atoms with Crippen molar-refractivity contribution in [3.05, 3.63) is 52.5 Å². The zero-order valence-electron chi connectivity index (χ0n) is 12.8. The summed E-state index contributed by atoms with van der Waals surface area (Å²) in [5.41, 5.74) is 2.03. The minimum absolute atomic E-state index is 0.0370. The summed E-state index contributed by atoms with van der Waals surface area (Å²) in [5.74, 6) is 0.0401. The summed E-state index contributed by atoms with van der Waals surface area (Å²) in [4.78, 5) is 21.4. The third-order valence-electron chi connectivity index (χ3n) is 3.87. The van der Waals surface area contributed by atoms with Gasteiger partial charge in [-0.05, 0) is 35.2 Å². The Kier molecular flexibility index (Phi) is 5.05. The van der Waals surface area contributed by atoms with Crippen LogP contribution in [-0.2, 0) is 11.4 Å². The van der Waals surface area contributed by atoms with Crippen LogP contribution >= 0.6 is 11.3 Å². The Morgan fingerprint density at radius 1 is 1.26 bits per heavy atom. The van der Waals surface area contributed by atoms with Gasteiger partial charge in [-0.1, -0.05) is 0 Å². The van der Waals surface area contributed by atoms with Gasteiger partial charge in [0.2, 0.25) is 5.91 Å². The predicted octanol–water partition coefficient (Wildman–Crippen LogP) is 2.00. The Hall–Kier alpha value is -2.18. The van der Waals surface area contributed by atoms with Crippen LogP contribution in [-0.4, -0.2) is 47.1 Å². The van der Waals surface area contributed by atoms with Gasteiger partial charge in [-0.15, -0.1) is 11.3 Å². The first-order valence-corrected chi connectivity index (χ1v) is 8.44. The average molecular weight is 329 g/mol. The number of pyridine rings is 1. The van der Waals surface area contributed by atoms with Gasteiger partial charge in [0.05, 0.1) is 6.61 Å². The van der Waals surface area contributed by atoms with Gasteiger partial charge < -0.3 is 14.9 Å². The van der Waals surface area contributed by atoms with E-state index in [9.17, 15) is 4.79 Å². The molecule has 0 atom stereocenters. The Labute approximate surface area is 139 Å². The Balaban J connectivity index is 1.54. The number of nitrogens with zero attached hydrogens (tertiary/aromatic N) is 3. The van der Waals surface area contributed by atoms with Crippen LogP contribution in [0.4, 0.5) is 5.69 Å². The van der Waals surface area contributed by atoms with E-state index in [0.717, 1.165) is 42.3 Å². The molecule has 0 radical (unpaired) electrons. The number of anilines is 1. The monoisotopic (exact) mass is 329 g/mol. The summed E-state index contributed by atoms with van der Waals surface area (Å²) >= 11 is 1.53. The second kappa shape index (κ2) is 7.39. The number of rotatable bonds is 4. The van der Waals surface area contributed by atoms with E-state index in [-0.39, 0.29) is 12.5 Å². The number of carbonyl (C=O) groups excluding carboxylic acids is 1. The van der Waals surface area contributed by atoms with Crippen molar-refractivity contribution in [1.82, 2.24) is 9.88 Å². The highest BCUT2D eigenvalue weighted by atomic mass is 32.1. The van der Waals surface area contributed by atoms with Crippen molar-refractivity contribution >= 4 is 29.0 Å². The van der Waals surface area contributed by atoms with Crippen LogP contribution < -0.4 is 4.90 Å². The highest BCUT2D eigenvalue weighted by Crippen LogP contribution is 2.17. The van der Waals surface area contributed by atoms with E-state index in [2.05, 4.69) is 9.88 Å². The summed E-state index contributed by atoms with van der Waals surface area (Å²) in [6.07, 6.45) is 7.02. The molecular formula is C17H19N3O2S. The second-order valence-corrected chi connectivity index (χ2v) is 6.31. The number of carbonyl (C=O) groups is 1. The molecule has 0 aromatic carbocycles. The van der Waals surface area contributed by atoms with Crippen molar-refractivity contribution < 1.29 is 9.90 Å². The van der Waals surface area contributed by atoms with Gasteiger partial charge in [0, 0.05) is 55.2 Å². The molecule has 2 aromatic rings. The fraction of sp³-hybridized carbons (Fsp3) is 0.294. The van der Waals surface area contributed by atoms with Gasteiger partial charge in [0.25, 0.3) is 0 Å². The molecule has 1 fully saturated rings. The van der Waals surface area contributed by atoms with Gasteiger partial charge in [0.1, 0.15) is 0 Å². The lowest BCUT2D eigenvalue weighted by Gasteiger charge is -2.35. The van der Waals surface area contributed by atoms with Crippen molar-refractivity contribution in [3.8, 4) is 0 Å². The van der Waals surface area contributed by atoms with E-state index in [1.807, 2.05) is 34.6 Å². The number of hydrogen-bond acceptors (Lipinski definition) is 5. The van der Waals surface area contributed by atoms with Crippen LogP contribution in [0.5, 0.6) is 0 Å². The first-order chi connectivity index (χ1) is 11.3. The molecule has 1 N–H and O–H groups in total. The molecule has 5 nitrogen and oxygen atoms in total. The van der Waals surface area contributed by atoms with E-state index in [1.165, 1.54) is 11.3 Å². The van der Waals surface area contributed by atoms with Crippen molar-refractivity contribution in [1.29, 1.82) is 0 Å². The largest absolute Gasteiger partial charge is 0.392 e. The SMILES string of the molecule is O=C(C=Cc1cc(CO)cs1)N1CCN(c2ccncc2)CC1. The Morgan fingerprint density at radius 3 is 2.65 bits per heavy atom. The minimum atomic E-state index is 0.0370. The maximum absolute atomic E-state index is 12.3. The standard InChI is InChI=1S/C17H19N3O2S/c21-12-14-11-16(23-13-14)1-2-17(22)20-9-7-19(8-10-20)15-3-5-18-6-4-15/h1-6,11,13,21H,7-10,12H2. The van der Waals surface area contributed by atoms with Crippen molar-refractivity contribution in [2.45, 2.75) is 6.61 Å². The third-order valence-corrected chi connectivity index (χ3v) is 4.81. The summed E-state index contributed by atoms with van der Waals surface area (Å²) < 4.78 is 0. The van der Waals surface area contributed by atoms with Crippen LogP contribution in [0.2, 0.25) is 0 Å². The normalized spacial score (nSPS) is 15.3. The van der Waals surface area contributed by atoms with Gasteiger partial charge >= 0.3 is 0 Å². The molecule has 6 heteroatoms. The number of thiophene rings is 1. The maximum atomic E-state index is 12.3. The number of piperazine rings is 1. The molecule has 1 aliphatic heterocycles. The van der Waals surface area contributed by atoms with Crippen molar-refractivity contribution in [3.63, 3.8) is 0 Å². The van der Waals surface area contributed by atoms with Crippen LogP contribution in [0.1, 0.15) is 10.4 Å². The molecule has 1 amide bonds. The van der Waals surface area contributed by atoms with E-state index >= 15 is 0 Å². The quantitative estimate of drug-likeness (QED) is 0.872. The van der Waals surface area contributed by atoms with E-state index < -0.39 is 0 Å². The highest BCUT2D eigenvalue weighted by Gasteiger charge is 2.19. The molecule has 120 valence electrons. The third kappa shape index (κ3) is 3.97. The predicted molar refractivity (Wildman–Crippen MR) is 92.3 cm³/mol. The molecule has 0 saturated carbocycles. The lowest BCUT2D eigenvalue weighted by Crippen LogP contribution is -2.48. The smallest absolute Gasteiger partial charge is 0.246 e. The minimum Gasteiger partial charge on any atom is -0.392 e. The molecule has 1 aliphatic rings. The zero-order valence-corrected chi connectivity index (χ0v) is 13.6. The van der Waals surface area contributed by atoms with Crippen LogP contribution in [0, 0.1) is 0 Å². The summed E-state index contributed by atoms with van der Waals surface area (Å²) in [5, 5.41) is 11.0. The Bertz CT molecular complexity index is 676. The van der Waals surface area contributed by atoms with Gasteiger partial charge in [-0.25, -0.2) is 0 Å². The first-order valence-electron chi connectivity index (χ1n) is 7.56. The van der Waals surface area contributed by atoms with Crippen LogP contribution in [0.25, 0.3) is 6.08 Å². The summed E-state index contributed by atoms with van der Waals surface area (Å²) in [6.45, 7) is 3.14. The molecule has 0 spiro atoms. The molecule has 0 bridgehead atoms. The first kappa shape index (κ1) is 15.7. The Morgan fingerprint density at radius 2 is 2.00 bits per heavy atom. The van der Waals surface area contributed by atoms with E-state index in [4.69, 9.17) is 5.11 Å². The molecule has 2 aromatic heterocycles. The zero-order chi connectivity index (χ0) is 16.1. The average Bonchev–Trinajstić information content (AvgIpc) is 3.09. The molecule has 3 heterocycles. The highest BCUT2D eigenvalue weighted by molar-refractivity contribution is 7.11. The van der Waals surface area contributed by atoms with Crippen LogP contribution in [0.15, 0.2) is 42.0 Å². The topological polar surface area (TPSA) is 56.7 Å². The number of aliphatic hydroxyl groups is 1. The number of amides is 1. The number of aliphatic hydroxyl groups excluding tert-OH is 1. The molecule has 3 rings (SSSR count). The van der Waals surface area contributed by atoms with E-state index in [1.54, 1.807) is 18.5 Å². The lowest BCUT2D eigenvalue weighted by atomic mass is 10.2. The van der Waals surface area contributed by atoms with Crippen molar-refractivity contribution in [2.24, 2.45) is 0 Å². The maximum Gasteiger partial charge on any atom is 0.246 e. The summed E-state index contributed by atoms with van der Waals surface area (Å²) in [6, 6.07) is 5.88. The molecule has 23 heavy (non-hydrogen) atoms.